The van der Waals surface area contributed by atoms with Gasteiger partial charge in [0.2, 0.25) is 0 Å². The summed E-state index contributed by atoms with van der Waals surface area (Å²) in [7, 11) is 0. The van der Waals surface area contributed by atoms with E-state index in [0.717, 1.165) is 35.6 Å². The van der Waals surface area contributed by atoms with Gasteiger partial charge in [0.15, 0.2) is 0 Å². The highest BCUT2D eigenvalue weighted by molar-refractivity contribution is 6.31. The van der Waals surface area contributed by atoms with Gasteiger partial charge in [-0.3, -0.25) is 0 Å². The van der Waals surface area contributed by atoms with E-state index in [4.69, 9.17) is 22.4 Å². The Bertz CT molecular complexity index is 972. The molecule has 2 atom stereocenters. The van der Waals surface area contributed by atoms with E-state index in [9.17, 15) is 0 Å². The van der Waals surface area contributed by atoms with E-state index < -0.39 is 0 Å². The smallest absolute Gasteiger partial charge is 0.147 e. The summed E-state index contributed by atoms with van der Waals surface area (Å²) in [5, 5.41) is 0.678. The van der Waals surface area contributed by atoms with Gasteiger partial charge in [0.25, 0.3) is 0 Å². The van der Waals surface area contributed by atoms with E-state index in [1.165, 1.54) is 31.4 Å². The Kier molecular flexibility index (Phi) is 7.49. The first-order valence-corrected chi connectivity index (χ1v) is 12.6. The van der Waals surface area contributed by atoms with E-state index in [1.807, 2.05) is 45.9 Å². The van der Waals surface area contributed by atoms with Crippen molar-refractivity contribution < 1.29 is 0 Å². The predicted octanol–water partition coefficient (Wildman–Crippen LogP) is 6.18. The zero-order valence-electron chi connectivity index (χ0n) is 20.5. The third-order valence-electron chi connectivity index (χ3n) is 7.28. The third kappa shape index (κ3) is 3.89. The van der Waals surface area contributed by atoms with Crippen molar-refractivity contribution in [1.29, 1.82) is 0 Å². The van der Waals surface area contributed by atoms with Gasteiger partial charge in [0.05, 0.1) is 17.6 Å². The van der Waals surface area contributed by atoms with E-state index in [-0.39, 0.29) is 5.41 Å². The first kappa shape index (κ1) is 24.5. The first-order chi connectivity index (χ1) is 15.4. The molecular weight excluding hydrogens is 418 g/mol. The second-order valence-electron chi connectivity index (χ2n) is 8.81. The van der Waals surface area contributed by atoms with Crippen LogP contribution in [0.3, 0.4) is 0 Å². The molecule has 3 heterocycles. The molecule has 5 rings (SSSR count). The molecule has 1 aromatic carbocycles. The lowest BCUT2D eigenvalue weighted by Crippen LogP contribution is -2.58. The van der Waals surface area contributed by atoms with Crippen LogP contribution in [0, 0.1) is 11.3 Å². The number of nitrogens with two attached hydrogens (primary N) is 1. The summed E-state index contributed by atoms with van der Waals surface area (Å²) >= 11 is 6.15. The van der Waals surface area contributed by atoms with Crippen molar-refractivity contribution in [3.05, 3.63) is 53.6 Å². The fourth-order valence-electron chi connectivity index (χ4n) is 5.74. The third-order valence-corrected chi connectivity index (χ3v) is 7.52. The molecular formula is C26H40ClN5. The van der Waals surface area contributed by atoms with Gasteiger partial charge in [-0.15, -0.1) is 0 Å². The molecule has 1 spiro atoms. The Labute approximate surface area is 198 Å². The highest BCUT2D eigenvalue weighted by atomic mass is 35.5. The van der Waals surface area contributed by atoms with Crippen molar-refractivity contribution in [2.75, 3.05) is 18.9 Å². The molecule has 3 fully saturated rings. The van der Waals surface area contributed by atoms with Crippen LogP contribution in [0.15, 0.2) is 42.8 Å². The second-order valence-corrected chi connectivity index (χ2v) is 9.25. The van der Waals surface area contributed by atoms with Crippen LogP contribution in [0.25, 0.3) is 11.0 Å². The van der Waals surface area contributed by atoms with Crippen molar-refractivity contribution in [3.8, 4) is 0 Å². The molecule has 0 radical (unpaired) electrons. The molecule has 3 aliphatic rings. The molecule has 0 amide bonds. The molecule has 2 aliphatic heterocycles. The molecule has 32 heavy (non-hydrogen) atoms. The quantitative estimate of drug-likeness (QED) is 0.559. The van der Waals surface area contributed by atoms with Crippen LogP contribution in [-0.2, 0) is 6.54 Å². The summed E-state index contributed by atoms with van der Waals surface area (Å²) < 4.78 is 1.69. The van der Waals surface area contributed by atoms with Gasteiger partial charge in [-0.25, -0.2) is 9.66 Å². The molecule has 2 aromatic rings. The largest absolute Gasteiger partial charge is 0.373 e. The maximum Gasteiger partial charge on any atom is 0.147 e. The summed E-state index contributed by atoms with van der Waals surface area (Å²) in [5.41, 5.74) is 4.38. The monoisotopic (exact) mass is 457 g/mol. The van der Waals surface area contributed by atoms with Crippen LogP contribution in [-0.4, -0.2) is 38.6 Å². The number of imidazole rings is 1. The summed E-state index contributed by atoms with van der Waals surface area (Å²) in [6.07, 6.45) is 5.14. The predicted molar refractivity (Wildman–Crippen MR) is 137 cm³/mol. The standard InChI is InChI=1S/C22H28ClN5.2C2H6/c1-14(2)26-12-22(13-26)15(3)27(19-7-5-4-6-17(19)22)11-21-25-18-9-8-16(23)10-20(18)28(21)24;2*1-2/h8-10,17,19H,1,3-7,11-13,24H2,2H3;2*1-2H3. The SMILES string of the molecule is C=C(C)N1CC2(C1)C(=C)N(Cc1nc3ccc(Cl)cc3n1N)C1CCCCC12.CC.CC. The molecule has 1 aromatic heterocycles. The van der Waals surface area contributed by atoms with Crippen LogP contribution < -0.4 is 5.84 Å². The van der Waals surface area contributed by atoms with Gasteiger partial charge in [-0.05, 0) is 43.9 Å². The number of aromatic nitrogens is 2. The van der Waals surface area contributed by atoms with Crippen molar-refractivity contribution in [2.45, 2.75) is 72.9 Å². The summed E-state index contributed by atoms with van der Waals surface area (Å²) in [4.78, 5) is 9.69. The molecule has 2 N–H and O–H groups in total. The molecule has 1 aliphatic carbocycles. The van der Waals surface area contributed by atoms with Crippen molar-refractivity contribution in [2.24, 2.45) is 11.3 Å². The number of nitrogens with zero attached hydrogens (tertiary/aromatic N) is 4. The topological polar surface area (TPSA) is 50.3 Å². The number of rotatable bonds is 3. The Balaban J connectivity index is 0.000000686. The number of hydrogen-bond donors (Lipinski definition) is 1. The lowest BCUT2D eigenvalue weighted by atomic mass is 9.64. The fraction of sp³-hybridized carbons (Fsp3) is 0.577. The van der Waals surface area contributed by atoms with E-state index in [2.05, 4.69) is 29.9 Å². The minimum atomic E-state index is 0.193. The Morgan fingerprint density at radius 1 is 1.19 bits per heavy atom. The minimum absolute atomic E-state index is 0.193. The van der Waals surface area contributed by atoms with E-state index >= 15 is 0 Å². The highest BCUT2D eigenvalue weighted by Crippen LogP contribution is 2.58. The highest BCUT2D eigenvalue weighted by Gasteiger charge is 2.60. The van der Waals surface area contributed by atoms with Crippen LogP contribution in [0.4, 0.5) is 0 Å². The molecule has 6 heteroatoms. The average molecular weight is 458 g/mol. The lowest BCUT2D eigenvalue weighted by Gasteiger charge is -2.53. The molecule has 0 bridgehead atoms. The molecule has 1 saturated carbocycles. The number of benzene rings is 1. The van der Waals surface area contributed by atoms with Crippen molar-refractivity contribution >= 4 is 22.6 Å². The zero-order valence-corrected chi connectivity index (χ0v) is 21.3. The molecule has 2 saturated heterocycles. The number of allylic oxidation sites excluding steroid dienone is 1. The maximum absolute atomic E-state index is 6.39. The average Bonchev–Trinajstić information content (AvgIpc) is 3.22. The fourth-order valence-corrected chi connectivity index (χ4v) is 5.91. The maximum atomic E-state index is 6.39. The van der Waals surface area contributed by atoms with Gasteiger partial charge in [-0.1, -0.05) is 65.3 Å². The van der Waals surface area contributed by atoms with Crippen LogP contribution in [0.2, 0.25) is 5.02 Å². The van der Waals surface area contributed by atoms with Crippen molar-refractivity contribution in [1.82, 2.24) is 19.5 Å². The summed E-state index contributed by atoms with van der Waals surface area (Å²) in [6.45, 7) is 21.6. The van der Waals surface area contributed by atoms with E-state index in [0.29, 0.717) is 23.5 Å². The van der Waals surface area contributed by atoms with Gasteiger partial charge in [-0.2, -0.15) is 0 Å². The second kappa shape index (κ2) is 9.78. The van der Waals surface area contributed by atoms with Gasteiger partial charge in [0, 0.05) is 41.0 Å². The number of fused-ring (bicyclic) bond motifs is 3. The summed E-state index contributed by atoms with van der Waals surface area (Å²) in [5.74, 6) is 7.94. The number of hydrogen-bond acceptors (Lipinski definition) is 4. The normalized spacial score (nSPS) is 23.1. The van der Waals surface area contributed by atoms with E-state index in [1.54, 1.807) is 4.68 Å². The first-order valence-electron chi connectivity index (χ1n) is 12.2. The Morgan fingerprint density at radius 3 is 2.50 bits per heavy atom. The molecule has 2 unspecified atom stereocenters. The van der Waals surface area contributed by atoms with Gasteiger partial charge in [0.1, 0.15) is 5.82 Å². The van der Waals surface area contributed by atoms with Gasteiger partial charge < -0.3 is 15.6 Å². The summed E-state index contributed by atoms with van der Waals surface area (Å²) in [6, 6.07) is 6.22. The number of halogens is 1. The van der Waals surface area contributed by atoms with Crippen LogP contribution in [0.1, 0.15) is 66.1 Å². The Hall–Kier alpha value is -2.14. The van der Waals surface area contributed by atoms with Crippen molar-refractivity contribution in [3.63, 3.8) is 0 Å². The van der Waals surface area contributed by atoms with Crippen LogP contribution >= 0.6 is 11.6 Å². The molecule has 5 nitrogen and oxygen atoms in total. The zero-order chi connectivity index (χ0) is 23.6. The van der Waals surface area contributed by atoms with Gasteiger partial charge >= 0.3 is 0 Å². The lowest BCUT2D eigenvalue weighted by molar-refractivity contribution is 0.0104. The number of nitrogen functional groups attached to an aromatic ring is 1. The minimum Gasteiger partial charge on any atom is -0.373 e. The number of likely N-dealkylation sites (tertiary alicyclic amines) is 2. The Morgan fingerprint density at radius 2 is 1.84 bits per heavy atom. The molecule has 176 valence electrons. The van der Waals surface area contributed by atoms with Crippen LogP contribution in [0.5, 0.6) is 0 Å².